The van der Waals surface area contributed by atoms with Crippen molar-refractivity contribution in [3.05, 3.63) is 58.2 Å². The van der Waals surface area contributed by atoms with Gasteiger partial charge in [0.15, 0.2) is 0 Å². The number of imidazole rings is 1. The standard InChI is InChI=1S/C23H19BrN6O5/c1-3-33-22-25-12(2)21(35-23(31)32)30(22)11-13-8-9-17-16(10-13)18(24)19(34-17)14-6-4-5-7-15(14)20-26-28-29-27-20/h4-10H,3,11H2,1-2H3,(H,31,32)(H,26,27,28,29). The summed E-state index contributed by atoms with van der Waals surface area (Å²) in [5, 5.41) is 24.3. The van der Waals surface area contributed by atoms with Crippen molar-refractivity contribution in [2.75, 3.05) is 6.61 Å². The molecule has 0 unspecified atom stereocenters. The molecule has 0 amide bonds. The summed E-state index contributed by atoms with van der Waals surface area (Å²) in [7, 11) is 0. The van der Waals surface area contributed by atoms with Gasteiger partial charge >= 0.3 is 6.16 Å². The predicted octanol–water partition coefficient (Wildman–Crippen LogP) is 5.05. The van der Waals surface area contributed by atoms with Gasteiger partial charge in [0.05, 0.1) is 17.6 Å². The molecule has 0 atom stereocenters. The third-order valence-electron chi connectivity index (χ3n) is 5.30. The normalized spacial score (nSPS) is 11.2. The number of furan rings is 1. The number of rotatable bonds is 7. The Kier molecular flexibility index (Phi) is 5.95. The topological polar surface area (TPSA) is 141 Å². The molecule has 5 rings (SSSR count). The lowest BCUT2D eigenvalue weighted by molar-refractivity contribution is 0.139. The molecule has 0 bridgehead atoms. The average molecular weight is 539 g/mol. The minimum atomic E-state index is -1.42. The highest BCUT2D eigenvalue weighted by atomic mass is 79.9. The van der Waals surface area contributed by atoms with Crippen LogP contribution < -0.4 is 9.47 Å². The molecule has 0 aliphatic heterocycles. The van der Waals surface area contributed by atoms with Gasteiger partial charge in [-0.05, 0) is 52.7 Å². The molecular weight excluding hydrogens is 520 g/mol. The number of carbonyl (C=O) groups is 1. The maximum Gasteiger partial charge on any atom is 0.512 e. The number of hydrogen-bond acceptors (Lipinski definition) is 8. The van der Waals surface area contributed by atoms with Crippen LogP contribution in [0, 0.1) is 6.92 Å². The first-order valence-corrected chi connectivity index (χ1v) is 11.4. The third-order valence-corrected chi connectivity index (χ3v) is 6.08. The highest BCUT2D eigenvalue weighted by Crippen LogP contribution is 2.41. The van der Waals surface area contributed by atoms with E-state index in [-0.39, 0.29) is 18.4 Å². The summed E-state index contributed by atoms with van der Waals surface area (Å²) in [5.41, 5.74) is 3.53. The van der Waals surface area contributed by atoms with Gasteiger partial charge in [-0.25, -0.2) is 4.79 Å². The number of carboxylic acid groups (broad SMARTS) is 1. The summed E-state index contributed by atoms with van der Waals surface area (Å²) in [6.45, 7) is 4.15. The van der Waals surface area contributed by atoms with E-state index < -0.39 is 6.16 Å². The number of tetrazole rings is 1. The van der Waals surface area contributed by atoms with Crippen molar-refractivity contribution in [2.24, 2.45) is 0 Å². The van der Waals surface area contributed by atoms with Crippen LogP contribution in [0.3, 0.4) is 0 Å². The maximum atomic E-state index is 11.2. The lowest BCUT2D eigenvalue weighted by Crippen LogP contribution is -2.11. The first kappa shape index (κ1) is 22.6. The van der Waals surface area contributed by atoms with Crippen molar-refractivity contribution < 1.29 is 23.8 Å². The largest absolute Gasteiger partial charge is 0.512 e. The molecule has 0 spiro atoms. The molecule has 5 aromatic rings. The molecule has 0 aliphatic carbocycles. The second-order valence-electron chi connectivity index (χ2n) is 7.53. The number of fused-ring (bicyclic) bond motifs is 1. The van der Waals surface area contributed by atoms with Crippen molar-refractivity contribution in [3.63, 3.8) is 0 Å². The lowest BCUT2D eigenvalue weighted by Gasteiger charge is -2.11. The summed E-state index contributed by atoms with van der Waals surface area (Å²) in [5.74, 6) is 1.20. The number of nitrogens with one attached hydrogen (secondary N) is 1. The molecule has 3 heterocycles. The Morgan fingerprint density at radius 3 is 2.74 bits per heavy atom. The van der Waals surface area contributed by atoms with Gasteiger partial charge in [-0.2, -0.15) is 10.2 Å². The Balaban J connectivity index is 1.56. The van der Waals surface area contributed by atoms with Gasteiger partial charge < -0.3 is 19.0 Å². The quantitative estimate of drug-likeness (QED) is 0.272. The maximum absolute atomic E-state index is 11.2. The summed E-state index contributed by atoms with van der Waals surface area (Å²) in [4.78, 5) is 15.5. The number of benzene rings is 2. The molecule has 11 nitrogen and oxygen atoms in total. The van der Waals surface area contributed by atoms with E-state index in [2.05, 4.69) is 41.5 Å². The minimum absolute atomic E-state index is 0.113. The van der Waals surface area contributed by atoms with E-state index in [1.807, 2.05) is 49.4 Å². The van der Waals surface area contributed by atoms with Crippen molar-refractivity contribution in [2.45, 2.75) is 20.4 Å². The van der Waals surface area contributed by atoms with E-state index in [0.29, 0.717) is 29.5 Å². The molecule has 178 valence electrons. The van der Waals surface area contributed by atoms with Crippen LogP contribution in [0.15, 0.2) is 51.4 Å². The van der Waals surface area contributed by atoms with Gasteiger partial charge in [0.2, 0.25) is 11.7 Å². The first-order valence-electron chi connectivity index (χ1n) is 10.6. The SMILES string of the molecule is CCOc1nc(C)c(OC(=O)O)n1Cc1ccc2oc(-c3ccccc3-c3nn[nH]n3)c(Br)c2c1. The molecule has 12 heteroatoms. The molecule has 0 aliphatic rings. The van der Waals surface area contributed by atoms with Gasteiger partial charge in [-0.1, -0.05) is 30.3 Å². The molecule has 0 saturated heterocycles. The number of aromatic nitrogens is 6. The van der Waals surface area contributed by atoms with Gasteiger partial charge in [0.1, 0.15) is 17.0 Å². The summed E-state index contributed by atoms with van der Waals surface area (Å²) in [6, 6.07) is 13.6. The first-order chi connectivity index (χ1) is 17.0. The number of halogens is 1. The highest BCUT2D eigenvalue weighted by Gasteiger charge is 2.22. The zero-order valence-electron chi connectivity index (χ0n) is 18.6. The van der Waals surface area contributed by atoms with E-state index in [0.717, 1.165) is 26.5 Å². The van der Waals surface area contributed by atoms with Crippen LogP contribution in [0.2, 0.25) is 0 Å². The molecule has 3 aromatic heterocycles. The molecule has 0 radical (unpaired) electrons. The number of ether oxygens (including phenoxy) is 2. The van der Waals surface area contributed by atoms with E-state index >= 15 is 0 Å². The molecule has 2 N–H and O–H groups in total. The number of nitrogens with zero attached hydrogens (tertiary/aromatic N) is 5. The van der Waals surface area contributed by atoms with Crippen LogP contribution in [0.1, 0.15) is 18.2 Å². The van der Waals surface area contributed by atoms with Crippen LogP contribution in [0.4, 0.5) is 4.79 Å². The Labute approximate surface area is 206 Å². The zero-order chi connectivity index (χ0) is 24.5. The summed E-state index contributed by atoms with van der Waals surface area (Å²) in [6.07, 6.45) is -1.42. The predicted molar refractivity (Wildman–Crippen MR) is 128 cm³/mol. The van der Waals surface area contributed by atoms with E-state index in [9.17, 15) is 4.79 Å². The number of aromatic amines is 1. The van der Waals surface area contributed by atoms with Crippen molar-refractivity contribution in [1.29, 1.82) is 0 Å². The molecule has 35 heavy (non-hydrogen) atoms. The zero-order valence-corrected chi connectivity index (χ0v) is 20.2. The van der Waals surface area contributed by atoms with Gasteiger partial charge in [-0.3, -0.25) is 4.57 Å². The van der Waals surface area contributed by atoms with E-state index in [1.165, 1.54) is 0 Å². The van der Waals surface area contributed by atoms with Gasteiger partial charge in [0, 0.05) is 16.5 Å². The van der Waals surface area contributed by atoms with Crippen molar-refractivity contribution in [1.82, 2.24) is 30.2 Å². The number of H-pyrrole nitrogens is 1. The van der Waals surface area contributed by atoms with Gasteiger partial charge in [-0.15, -0.1) is 10.2 Å². The number of aryl methyl sites for hydroxylation is 1. The monoisotopic (exact) mass is 538 g/mol. The Morgan fingerprint density at radius 1 is 1.23 bits per heavy atom. The van der Waals surface area contributed by atoms with Crippen LogP contribution in [0.5, 0.6) is 11.9 Å². The van der Waals surface area contributed by atoms with E-state index in [1.54, 1.807) is 11.5 Å². The van der Waals surface area contributed by atoms with Crippen LogP contribution in [-0.4, -0.2) is 48.0 Å². The fourth-order valence-electron chi connectivity index (χ4n) is 3.85. The van der Waals surface area contributed by atoms with Crippen LogP contribution in [0.25, 0.3) is 33.7 Å². The fraction of sp³-hybridized carbons (Fsp3) is 0.174. The Morgan fingerprint density at radius 2 is 2.03 bits per heavy atom. The van der Waals surface area contributed by atoms with Crippen LogP contribution >= 0.6 is 15.9 Å². The lowest BCUT2D eigenvalue weighted by atomic mass is 10.0. The Bertz CT molecular complexity index is 1530. The molecule has 2 aromatic carbocycles. The van der Waals surface area contributed by atoms with Gasteiger partial charge in [0.25, 0.3) is 6.01 Å². The average Bonchev–Trinajstić information content (AvgIpc) is 3.55. The second kappa shape index (κ2) is 9.22. The summed E-state index contributed by atoms with van der Waals surface area (Å²) >= 11 is 3.69. The third kappa shape index (κ3) is 4.23. The number of hydrogen-bond donors (Lipinski definition) is 2. The summed E-state index contributed by atoms with van der Waals surface area (Å²) < 4.78 is 19.1. The molecule has 0 saturated carbocycles. The smallest absolute Gasteiger partial charge is 0.465 e. The highest BCUT2D eigenvalue weighted by molar-refractivity contribution is 9.10. The second-order valence-corrected chi connectivity index (χ2v) is 8.32. The Hall–Kier alpha value is -4.19. The molecular formula is C23H19BrN6O5. The van der Waals surface area contributed by atoms with Crippen molar-refractivity contribution >= 4 is 33.1 Å². The minimum Gasteiger partial charge on any atom is -0.465 e. The van der Waals surface area contributed by atoms with E-state index in [4.69, 9.17) is 19.0 Å². The fourth-order valence-corrected chi connectivity index (χ4v) is 4.45. The van der Waals surface area contributed by atoms with Crippen LogP contribution in [-0.2, 0) is 6.54 Å². The van der Waals surface area contributed by atoms with Crippen molar-refractivity contribution in [3.8, 4) is 34.6 Å². The molecule has 0 fully saturated rings.